The fraction of sp³-hybridized carbons (Fsp3) is 0.278. The monoisotopic (exact) mass is 551 g/mol. The van der Waals surface area contributed by atoms with E-state index in [1.807, 2.05) is 11.8 Å². The molecule has 2 atom stereocenters. The molecule has 1 nitrogen and oxygen atoms in total. The van der Waals surface area contributed by atoms with Crippen LogP contribution in [0.25, 0.3) is 0 Å². The van der Waals surface area contributed by atoms with Gasteiger partial charge in [-0.3, -0.25) is 0 Å². The lowest BCUT2D eigenvalue weighted by Gasteiger charge is -2.36. The van der Waals surface area contributed by atoms with Crippen molar-refractivity contribution < 1.29 is 8.78 Å². The first kappa shape index (κ1) is 26.8. The van der Waals surface area contributed by atoms with Crippen molar-refractivity contribution in [2.24, 2.45) is 11.3 Å². The number of halogens is 2. The number of nitrogens with zero attached hydrogens (tertiary/aromatic N) is 1. The number of fused-ring (bicyclic) bond motifs is 3. The molecule has 0 aromatic heterocycles. The smallest absolute Gasteiger partial charge is 0.129 e. The molecule has 4 heteroatoms. The van der Waals surface area contributed by atoms with Crippen molar-refractivity contribution in [3.8, 4) is 0 Å². The minimum Gasteiger partial charge on any atom is -0.335 e. The zero-order valence-electron chi connectivity index (χ0n) is 23.4. The molecule has 40 heavy (non-hydrogen) atoms. The normalized spacial score (nSPS) is 24.3. The Bertz CT molecular complexity index is 1570. The van der Waals surface area contributed by atoms with Crippen LogP contribution < -0.4 is 4.90 Å². The SMILES string of the molecule is CCCCN1/C(=C/C=C/C2=C(C)C3=C(C4=CC=CCC4C=C3)C2(C)Cc2ccc(F)cc2F)Sc2ccccc21. The Labute approximate surface area is 241 Å². The lowest BCUT2D eigenvalue weighted by molar-refractivity contribution is 0.470. The number of anilines is 1. The van der Waals surface area contributed by atoms with E-state index >= 15 is 4.39 Å². The summed E-state index contributed by atoms with van der Waals surface area (Å²) in [6.07, 6.45) is 21.5. The maximum absolute atomic E-state index is 15.0. The number of hydrogen-bond acceptors (Lipinski definition) is 2. The Hall–Kier alpha value is -3.37. The standard InChI is InChI=1S/C36H35F2NS/c1-4-5-21-39-32-14-8-9-15-33(32)40-34(39)16-10-13-30-24(2)28-20-18-25-11-6-7-12-29(25)35(28)36(30,3)23-26-17-19-27(37)22-31(26)38/h6-10,12-20,22,25H,4-5,11,21,23H2,1-3H3/b13-10+,34-16-. The average Bonchev–Trinajstić information content (AvgIpc) is 3.41. The average molecular weight is 552 g/mol. The molecule has 2 aromatic carbocycles. The first-order chi connectivity index (χ1) is 19.4. The Morgan fingerprint density at radius 1 is 1.15 bits per heavy atom. The van der Waals surface area contributed by atoms with E-state index in [0.717, 1.165) is 31.9 Å². The number of hydrogen-bond donors (Lipinski definition) is 0. The van der Waals surface area contributed by atoms with Crippen LogP contribution in [0, 0.1) is 23.0 Å². The molecule has 1 heterocycles. The number of rotatable bonds is 7. The van der Waals surface area contributed by atoms with Crippen molar-refractivity contribution in [3.05, 3.63) is 141 Å². The summed E-state index contributed by atoms with van der Waals surface area (Å²) in [5, 5.41) is 1.23. The van der Waals surface area contributed by atoms with Crippen LogP contribution in [-0.4, -0.2) is 6.54 Å². The van der Waals surface area contributed by atoms with E-state index < -0.39 is 17.0 Å². The van der Waals surface area contributed by atoms with Gasteiger partial charge in [0.2, 0.25) is 0 Å². The van der Waals surface area contributed by atoms with E-state index in [0.29, 0.717) is 17.9 Å². The molecule has 0 amide bonds. The van der Waals surface area contributed by atoms with Crippen molar-refractivity contribution in [2.45, 2.75) is 51.3 Å². The number of allylic oxidation sites excluding steroid dienone is 13. The van der Waals surface area contributed by atoms with Gasteiger partial charge >= 0.3 is 0 Å². The summed E-state index contributed by atoms with van der Waals surface area (Å²) in [4.78, 5) is 3.71. The van der Waals surface area contributed by atoms with Gasteiger partial charge in [0.1, 0.15) is 11.6 Å². The lowest BCUT2D eigenvalue weighted by Crippen LogP contribution is -2.27. The summed E-state index contributed by atoms with van der Waals surface area (Å²) in [6, 6.07) is 12.6. The molecule has 4 aliphatic rings. The van der Waals surface area contributed by atoms with Gasteiger partial charge in [-0.15, -0.1) is 0 Å². The molecule has 0 saturated heterocycles. The van der Waals surface area contributed by atoms with Gasteiger partial charge in [-0.05, 0) is 83.9 Å². The molecule has 0 spiro atoms. The van der Waals surface area contributed by atoms with Crippen molar-refractivity contribution in [3.63, 3.8) is 0 Å². The largest absolute Gasteiger partial charge is 0.335 e. The van der Waals surface area contributed by atoms with Gasteiger partial charge in [0.05, 0.1) is 10.7 Å². The van der Waals surface area contributed by atoms with E-state index in [4.69, 9.17) is 0 Å². The molecule has 204 valence electrons. The minimum atomic E-state index is -0.542. The highest BCUT2D eigenvalue weighted by Gasteiger charge is 2.44. The lowest BCUT2D eigenvalue weighted by atomic mass is 9.67. The number of unbranched alkanes of at least 4 members (excludes halogenated alkanes) is 1. The van der Waals surface area contributed by atoms with Crippen molar-refractivity contribution in [2.75, 3.05) is 11.4 Å². The van der Waals surface area contributed by atoms with Gasteiger partial charge in [0.25, 0.3) is 0 Å². The van der Waals surface area contributed by atoms with Crippen LogP contribution in [0.4, 0.5) is 14.5 Å². The second-order valence-electron chi connectivity index (χ2n) is 11.3. The molecule has 2 aromatic rings. The van der Waals surface area contributed by atoms with E-state index in [9.17, 15) is 4.39 Å². The summed E-state index contributed by atoms with van der Waals surface area (Å²) < 4.78 is 28.8. The quantitative estimate of drug-likeness (QED) is 0.337. The Balaban J connectivity index is 1.39. The summed E-state index contributed by atoms with van der Waals surface area (Å²) in [7, 11) is 0. The van der Waals surface area contributed by atoms with Gasteiger partial charge < -0.3 is 4.90 Å². The predicted octanol–water partition coefficient (Wildman–Crippen LogP) is 10.0. The van der Waals surface area contributed by atoms with Crippen LogP contribution in [-0.2, 0) is 6.42 Å². The molecule has 1 aliphatic heterocycles. The molecule has 0 fully saturated rings. The van der Waals surface area contributed by atoms with Crippen LogP contribution >= 0.6 is 11.8 Å². The molecule has 2 unspecified atom stereocenters. The minimum absolute atomic E-state index is 0.333. The number of para-hydroxylation sites is 1. The van der Waals surface area contributed by atoms with Gasteiger partial charge in [0.15, 0.2) is 0 Å². The predicted molar refractivity (Wildman–Crippen MR) is 164 cm³/mol. The van der Waals surface area contributed by atoms with E-state index in [1.165, 1.54) is 49.5 Å². The molecule has 0 saturated carbocycles. The van der Waals surface area contributed by atoms with Crippen LogP contribution in [0.3, 0.4) is 0 Å². The highest BCUT2D eigenvalue weighted by molar-refractivity contribution is 8.03. The summed E-state index contributed by atoms with van der Waals surface area (Å²) in [5.74, 6) is -0.690. The first-order valence-corrected chi connectivity index (χ1v) is 15.1. The number of thioether (sulfide) groups is 1. The molecular weight excluding hydrogens is 516 g/mol. The van der Waals surface area contributed by atoms with Crippen LogP contribution in [0.5, 0.6) is 0 Å². The van der Waals surface area contributed by atoms with E-state index in [1.54, 1.807) is 6.07 Å². The van der Waals surface area contributed by atoms with Crippen LogP contribution in [0.15, 0.2) is 129 Å². The van der Waals surface area contributed by atoms with Gasteiger partial charge in [-0.25, -0.2) is 8.78 Å². The maximum Gasteiger partial charge on any atom is 0.129 e. The van der Waals surface area contributed by atoms with Crippen molar-refractivity contribution in [1.29, 1.82) is 0 Å². The topological polar surface area (TPSA) is 3.24 Å². The van der Waals surface area contributed by atoms with Crippen LogP contribution in [0.2, 0.25) is 0 Å². The molecule has 0 N–H and O–H groups in total. The maximum atomic E-state index is 15.0. The molecule has 0 bridgehead atoms. The third-order valence-corrected chi connectivity index (χ3v) is 9.77. The fourth-order valence-corrected chi connectivity index (χ4v) is 7.76. The van der Waals surface area contributed by atoms with Crippen molar-refractivity contribution in [1.82, 2.24) is 0 Å². The fourth-order valence-electron chi connectivity index (χ4n) is 6.66. The molecule has 6 rings (SSSR count). The van der Waals surface area contributed by atoms with Crippen LogP contribution in [0.1, 0.15) is 45.6 Å². The third-order valence-electron chi connectivity index (χ3n) is 8.64. The molecule has 0 radical (unpaired) electrons. The Morgan fingerprint density at radius 3 is 2.83 bits per heavy atom. The molecule has 3 aliphatic carbocycles. The summed E-state index contributed by atoms with van der Waals surface area (Å²) in [5.41, 5.74) is 7.64. The second kappa shape index (κ2) is 10.9. The Morgan fingerprint density at radius 2 is 2.00 bits per heavy atom. The van der Waals surface area contributed by atoms with E-state index in [2.05, 4.69) is 98.5 Å². The number of benzene rings is 2. The van der Waals surface area contributed by atoms with Crippen molar-refractivity contribution >= 4 is 17.4 Å². The zero-order chi connectivity index (χ0) is 27.9. The first-order valence-electron chi connectivity index (χ1n) is 14.3. The van der Waals surface area contributed by atoms with Gasteiger partial charge in [-0.2, -0.15) is 0 Å². The second-order valence-corrected chi connectivity index (χ2v) is 12.3. The molecular formula is C36H35F2NS. The van der Waals surface area contributed by atoms with E-state index in [-0.39, 0.29) is 0 Å². The highest BCUT2D eigenvalue weighted by Crippen LogP contribution is 2.56. The summed E-state index contributed by atoms with van der Waals surface area (Å²) >= 11 is 1.82. The zero-order valence-corrected chi connectivity index (χ0v) is 24.2. The highest BCUT2D eigenvalue weighted by atomic mass is 32.2. The van der Waals surface area contributed by atoms with Gasteiger partial charge in [-0.1, -0.05) is 92.8 Å². The summed E-state index contributed by atoms with van der Waals surface area (Å²) in [6.45, 7) is 7.64. The Kier molecular flexibility index (Phi) is 7.31. The third kappa shape index (κ3) is 4.66. The van der Waals surface area contributed by atoms with Gasteiger partial charge in [0, 0.05) is 28.8 Å².